The smallest absolute Gasteiger partial charge is 0.275 e. The van der Waals surface area contributed by atoms with Gasteiger partial charge in [-0.15, -0.1) is 11.8 Å². The Labute approximate surface area is 119 Å². The average Bonchev–Trinajstić information content (AvgIpc) is 2.36. The van der Waals surface area contributed by atoms with Crippen molar-refractivity contribution in [1.29, 1.82) is 0 Å². The number of hydrogen-bond acceptors (Lipinski definition) is 4. The number of rotatable bonds is 3. The lowest BCUT2D eigenvalue weighted by Crippen LogP contribution is -2.46. The molecule has 0 amide bonds. The Kier molecular flexibility index (Phi) is 4.43. The fourth-order valence-corrected chi connectivity index (χ4v) is 2.70. The quantitative estimate of drug-likeness (QED) is 0.480. The summed E-state index contributed by atoms with van der Waals surface area (Å²) in [4.78, 5) is 18.2. The van der Waals surface area contributed by atoms with E-state index in [9.17, 15) is 10.1 Å². The normalized spacial score (nSPS) is 17.9. The molecule has 0 spiro atoms. The van der Waals surface area contributed by atoms with Crippen molar-refractivity contribution >= 4 is 29.3 Å². The summed E-state index contributed by atoms with van der Waals surface area (Å²) < 4.78 is 0. The van der Waals surface area contributed by atoms with Gasteiger partial charge in [-0.1, -0.05) is 17.7 Å². The Morgan fingerprint density at radius 2 is 2.37 bits per heavy atom. The van der Waals surface area contributed by atoms with E-state index in [1.807, 2.05) is 11.0 Å². The van der Waals surface area contributed by atoms with E-state index in [0.29, 0.717) is 29.4 Å². The van der Waals surface area contributed by atoms with Crippen molar-refractivity contribution in [3.63, 3.8) is 0 Å². The van der Waals surface area contributed by atoms with Crippen LogP contribution in [0.2, 0.25) is 5.15 Å². The van der Waals surface area contributed by atoms with Crippen molar-refractivity contribution in [2.24, 2.45) is 5.10 Å². The molecule has 102 valence electrons. The van der Waals surface area contributed by atoms with E-state index in [-0.39, 0.29) is 0 Å². The fraction of sp³-hybridized carbons (Fsp3) is 0.400. The molecule has 1 aliphatic rings. The van der Waals surface area contributed by atoms with E-state index < -0.39 is 5.03 Å². The van der Waals surface area contributed by atoms with E-state index in [1.165, 1.54) is 0 Å². The van der Waals surface area contributed by atoms with Crippen LogP contribution in [0.4, 0.5) is 0 Å². The Morgan fingerprint density at radius 3 is 3.00 bits per heavy atom. The average molecular weight is 302 g/mol. The van der Waals surface area contributed by atoms with Gasteiger partial charge in [0.15, 0.2) is 5.03 Å². The molecular weight excluding hydrogens is 290 g/mol. The second kappa shape index (κ2) is 6.07. The number of nitrogens with zero attached hydrogens (tertiary/aromatic N) is 5. The summed E-state index contributed by atoms with van der Waals surface area (Å²) in [6.45, 7) is 0.508. The van der Waals surface area contributed by atoms with Gasteiger partial charge in [-0.3, -0.25) is 0 Å². The van der Waals surface area contributed by atoms with Crippen LogP contribution in [0.25, 0.3) is 0 Å². The topological polar surface area (TPSA) is 74.9 Å². The summed E-state index contributed by atoms with van der Waals surface area (Å²) in [7, 11) is 1.78. The molecule has 0 N–H and O–H groups in total. The first-order valence-electron chi connectivity index (χ1n) is 5.43. The van der Waals surface area contributed by atoms with Gasteiger partial charge in [-0.25, -0.2) is 15.1 Å². The first kappa shape index (κ1) is 13.9. The summed E-state index contributed by atoms with van der Waals surface area (Å²) in [6.07, 6.45) is 1.66. The fourth-order valence-electron chi connectivity index (χ4n) is 1.69. The number of thioether (sulfide) groups is 1. The van der Waals surface area contributed by atoms with Crippen molar-refractivity contribution in [3.8, 4) is 0 Å². The third-order valence-corrected chi connectivity index (χ3v) is 3.78. The number of hydrazone groups is 1. The Bertz CT molecular complexity index is 495. The van der Waals surface area contributed by atoms with Crippen molar-refractivity contribution in [1.82, 2.24) is 14.8 Å². The third kappa shape index (κ3) is 3.71. The third-order valence-electron chi connectivity index (χ3n) is 2.49. The SMILES string of the molecule is CN1CSCN(Cc2ccc(Cl)nc2)/C1=N\[N+](=O)[O-]. The zero-order valence-electron chi connectivity index (χ0n) is 10.2. The lowest BCUT2D eigenvalue weighted by molar-refractivity contribution is -0.486. The number of halogens is 1. The number of nitro groups is 1. The lowest BCUT2D eigenvalue weighted by atomic mass is 10.3. The van der Waals surface area contributed by atoms with Crippen LogP contribution in [-0.2, 0) is 6.54 Å². The minimum absolute atomic E-state index is 0.360. The first-order valence-corrected chi connectivity index (χ1v) is 6.97. The van der Waals surface area contributed by atoms with E-state index in [1.54, 1.807) is 36.0 Å². The molecule has 0 unspecified atom stereocenters. The summed E-state index contributed by atoms with van der Waals surface area (Å²) >= 11 is 7.39. The summed E-state index contributed by atoms with van der Waals surface area (Å²) in [6, 6.07) is 3.54. The Balaban J connectivity index is 2.16. The van der Waals surface area contributed by atoms with Gasteiger partial charge in [0, 0.05) is 19.8 Å². The molecule has 2 heterocycles. The van der Waals surface area contributed by atoms with Crippen LogP contribution in [0.15, 0.2) is 23.4 Å². The van der Waals surface area contributed by atoms with Gasteiger partial charge in [-0.2, -0.15) is 0 Å². The van der Waals surface area contributed by atoms with E-state index in [2.05, 4.69) is 10.1 Å². The summed E-state index contributed by atoms with van der Waals surface area (Å²) in [5, 5.41) is 13.8. The molecular formula is C10H12ClN5O2S. The van der Waals surface area contributed by atoms with E-state index in [0.717, 1.165) is 5.56 Å². The Hall–Kier alpha value is -1.54. The van der Waals surface area contributed by atoms with Crippen LogP contribution in [0.5, 0.6) is 0 Å². The maximum Gasteiger partial charge on any atom is 0.275 e. The van der Waals surface area contributed by atoms with Crippen molar-refractivity contribution in [2.75, 3.05) is 18.8 Å². The van der Waals surface area contributed by atoms with Crippen LogP contribution in [-0.4, -0.2) is 44.6 Å². The largest absolute Gasteiger partial charge is 0.331 e. The molecule has 19 heavy (non-hydrogen) atoms. The van der Waals surface area contributed by atoms with Gasteiger partial charge in [0.25, 0.3) is 5.96 Å². The van der Waals surface area contributed by atoms with Gasteiger partial charge >= 0.3 is 0 Å². The van der Waals surface area contributed by atoms with Crippen molar-refractivity contribution in [3.05, 3.63) is 39.2 Å². The van der Waals surface area contributed by atoms with Crippen LogP contribution in [0.1, 0.15) is 5.56 Å². The van der Waals surface area contributed by atoms with Gasteiger partial charge in [0.1, 0.15) is 10.3 Å². The standard InChI is InChI=1S/C10H12ClN5O2S/c1-14-6-19-7-15(10(14)13-16(17)18)5-8-2-3-9(11)12-4-8/h2-4H,5-7H2,1H3/b13-10-. The summed E-state index contributed by atoms with van der Waals surface area (Å²) in [5.41, 5.74) is 0.927. The highest BCUT2D eigenvalue weighted by atomic mass is 35.5. The maximum atomic E-state index is 10.6. The molecule has 7 nitrogen and oxygen atoms in total. The molecule has 1 fully saturated rings. The van der Waals surface area contributed by atoms with Crippen LogP contribution in [0.3, 0.4) is 0 Å². The highest BCUT2D eigenvalue weighted by Gasteiger charge is 2.24. The van der Waals surface area contributed by atoms with Crippen LogP contribution < -0.4 is 0 Å². The minimum atomic E-state index is -0.672. The zero-order chi connectivity index (χ0) is 13.8. The first-order chi connectivity index (χ1) is 9.06. The number of guanidine groups is 1. The van der Waals surface area contributed by atoms with E-state index >= 15 is 0 Å². The van der Waals surface area contributed by atoms with Gasteiger partial charge in [0.2, 0.25) is 0 Å². The van der Waals surface area contributed by atoms with Gasteiger partial charge < -0.3 is 9.80 Å². The molecule has 1 aliphatic heterocycles. The Morgan fingerprint density at radius 1 is 1.58 bits per heavy atom. The lowest BCUT2D eigenvalue weighted by Gasteiger charge is -2.34. The maximum absolute atomic E-state index is 10.6. The molecule has 0 bridgehead atoms. The monoisotopic (exact) mass is 301 g/mol. The number of hydrogen-bond donors (Lipinski definition) is 0. The second-order valence-corrected chi connectivity index (χ2v) is 5.30. The molecule has 9 heteroatoms. The molecule has 1 aromatic rings. The highest BCUT2D eigenvalue weighted by molar-refractivity contribution is 7.99. The predicted molar refractivity (Wildman–Crippen MR) is 74.3 cm³/mol. The molecule has 0 radical (unpaired) electrons. The highest BCUT2D eigenvalue weighted by Crippen LogP contribution is 2.19. The van der Waals surface area contributed by atoms with Crippen molar-refractivity contribution < 1.29 is 5.03 Å². The number of pyridine rings is 1. The minimum Gasteiger partial charge on any atom is -0.331 e. The van der Waals surface area contributed by atoms with Crippen molar-refractivity contribution in [2.45, 2.75) is 6.54 Å². The van der Waals surface area contributed by atoms with Crippen LogP contribution >= 0.6 is 23.4 Å². The zero-order valence-corrected chi connectivity index (χ0v) is 11.8. The predicted octanol–water partition coefficient (Wildman–Crippen LogP) is 1.68. The van der Waals surface area contributed by atoms with Gasteiger partial charge in [0.05, 0.1) is 11.8 Å². The van der Waals surface area contributed by atoms with Gasteiger partial charge in [-0.05, 0) is 11.6 Å². The summed E-state index contributed by atoms with van der Waals surface area (Å²) in [5.74, 6) is 1.69. The molecule has 0 aliphatic carbocycles. The molecule has 1 saturated heterocycles. The van der Waals surface area contributed by atoms with Crippen LogP contribution in [0, 0.1) is 10.1 Å². The molecule has 1 aromatic heterocycles. The van der Waals surface area contributed by atoms with E-state index in [4.69, 9.17) is 11.6 Å². The number of aromatic nitrogens is 1. The second-order valence-electron chi connectivity index (χ2n) is 3.99. The molecule has 0 aromatic carbocycles. The molecule has 2 rings (SSSR count). The molecule has 0 atom stereocenters. The molecule has 0 saturated carbocycles.